The smallest absolute Gasteiger partial charge is 0.259 e. The summed E-state index contributed by atoms with van der Waals surface area (Å²) in [6.07, 6.45) is 3.20. The van der Waals surface area contributed by atoms with Gasteiger partial charge >= 0.3 is 0 Å². The van der Waals surface area contributed by atoms with Crippen molar-refractivity contribution in [2.75, 3.05) is 62.9 Å². The second-order valence-corrected chi connectivity index (χ2v) is 12.6. The molecule has 1 fully saturated rings. The van der Waals surface area contributed by atoms with Gasteiger partial charge in [0.05, 0.1) is 50.3 Å². The summed E-state index contributed by atoms with van der Waals surface area (Å²) >= 11 is 0. The van der Waals surface area contributed by atoms with Crippen LogP contribution in [-0.2, 0) is 14.2 Å². The lowest BCUT2D eigenvalue weighted by Gasteiger charge is -2.28. The number of pyridine rings is 1. The highest BCUT2D eigenvalue weighted by molar-refractivity contribution is 5.58. The molecule has 3 aromatic rings. The number of fused-ring (bicyclic) bond motifs is 1. The van der Waals surface area contributed by atoms with E-state index in [1.54, 1.807) is 10.5 Å². The first-order valence-electron chi connectivity index (χ1n) is 15.6. The first-order valence-corrected chi connectivity index (χ1v) is 15.6. The molecule has 0 bridgehead atoms. The van der Waals surface area contributed by atoms with Crippen LogP contribution in [0, 0.1) is 6.92 Å². The van der Waals surface area contributed by atoms with Crippen LogP contribution in [0.15, 0.2) is 52.5 Å². The lowest BCUT2D eigenvalue weighted by atomic mass is 10.1. The van der Waals surface area contributed by atoms with Crippen LogP contribution in [0.3, 0.4) is 0 Å². The molecule has 1 unspecified atom stereocenters. The van der Waals surface area contributed by atoms with Crippen LogP contribution < -0.4 is 20.5 Å². The Morgan fingerprint density at radius 3 is 2.38 bits per heavy atom. The van der Waals surface area contributed by atoms with Gasteiger partial charge in [-0.2, -0.15) is 0 Å². The van der Waals surface area contributed by atoms with Crippen LogP contribution >= 0.6 is 0 Å². The van der Waals surface area contributed by atoms with Gasteiger partial charge in [-0.15, -0.1) is 0 Å². The molecule has 12 nitrogen and oxygen atoms in total. The van der Waals surface area contributed by atoms with Gasteiger partial charge in [0.15, 0.2) is 0 Å². The van der Waals surface area contributed by atoms with Crippen LogP contribution in [0.2, 0.25) is 0 Å². The molecule has 244 valence electrons. The van der Waals surface area contributed by atoms with Crippen molar-refractivity contribution < 1.29 is 18.9 Å². The summed E-state index contributed by atoms with van der Waals surface area (Å²) in [5, 5.41) is 7.14. The Labute approximate surface area is 265 Å². The Morgan fingerprint density at radius 1 is 1.04 bits per heavy atom. The summed E-state index contributed by atoms with van der Waals surface area (Å²) in [5.41, 5.74) is 11.1. The topological polar surface area (TPSA) is 135 Å². The van der Waals surface area contributed by atoms with E-state index in [0.717, 1.165) is 22.6 Å². The summed E-state index contributed by atoms with van der Waals surface area (Å²) in [4.78, 5) is 22.9. The fourth-order valence-corrected chi connectivity index (χ4v) is 5.17. The maximum Gasteiger partial charge on any atom is 0.259 e. The number of anilines is 2. The van der Waals surface area contributed by atoms with E-state index in [0.29, 0.717) is 77.0 Å². The van der Waals surface area contributed by atoms with Crippen molar-refractivity contribution in [3.05, 3.63) is 74.5 Å². The van der Waals surface area contributed by atoms with Gasteiger partial charge in [0.1, 0.15) is 17.2 Å². The molecule has 0 aliphatic carbocycles. The number of azide groups is 1. The zero-order chi connectivity index (χ0) is 32.5. The largest absolute Gasteiger partial charge is 0.493 e. The SMILES string of the molecule is Cc1cc(C(C)Nc2ccc(OCCC(C)(C)OCCOC(C)(C)CCN=[N+]=[N-])cc2)c2nc(N3CCOCC3)cc(=O)n2c1. The third kappa shape index (κ3) is 10.1. The van der Waals surface area contributed by atoms with Crippen molar-refractivity contribution in [2.24, 2.45) is 5.11 Å². The summed E-state index contributed by atoms with van der Waals surface area (Å²) in [6.45, 7) is 16.6. The van der Waals surface area contributed by atoms with Crippen molar-refractivity contribution in [2.45, 2.75) is 71.6 Å². The summed E-state index contributed by atoms with van der Waals surface area (Å²) in [5.74, 6) is 1.46. The van der Waals surface area contributed by atoms with Gasteiger partial charge in [0.25, 0.3) is 5.56 Å². The Balaban J connectivity index is 1.29. The fraction of sp³-hybridized carbons (Fsp3) is 0.576. The van der Waals surface area contributed by atoms with E-state index < -0.39 is 0 Å². The van der Waals surface area contributed by atoms with E-state index >= 15 is 0 Å². The highest BCUT2D eigenvalue weighted by Gasteiger charge is 2.22. The highest BCUT2D eigenvalue weighted by Crippen LogP contribution is 2.26. The zero-order valence-corrected chi connectivity index (χ0v) is 27.4. The third-order valence-corrected chi connectivity index (χ3v) is 7.87. The molecule has 1 N–H and O–H groups in total. The van der Waals surface area contributed by atoms with E-state index in [9.17, 15) is 4.79 Å². The number of rotatable bonds is 16. The molecule has 0 amide bonds. The molecule has 1 aromatic carbocycles. The average molecular weight is 622 g/mol. The fourth-order valence-electron chi connectivity index (χ4n) is 5.17. The van der Waals surface area contributed by atoms with Crippen LogP contribution in [0.4, 0.5) is 11.5 Å². The van der Waals surface area contributed by atoms with E-state index in [-0.39, 0.29) is 22.8 Å². The average Bonchev–Trinajstić information content (AvgIpc) is 3.00. The minimum atomic E-state index is -0.375. The second-order valence-electron chi connectivity index (χ2n) is 12.6. The highest BCUT2D eigenvalue weighted by atomic mass is 16.5. The molecule has 45 heavy (non-hydrogen) atoms. The van der Waals surface area contributed by atoms with Gasteiger partial charge in [-0.05, 0) is 89.4 Å². The number of hydrogen-bond acceptors (Lipinski definition) is 9. The summed E-state index contributed by atoms with van der Waals surface area (Å²) in [7, 11) is 0. The van der Waals surface area contributed by atoms with Crippen molar-refractivity contribution in [3.8, 4) is 5.75 Å². The minimum absolute atomic E-state index is 0.0927. The molecule has 1 atom stereocenters. The molecule has 1 aliphatic heterocycles. The number of nitrogens with one attached hydrogen (secondary N) is 1. The van der Waals surface area contributed by atoms with Crippen molar-refractivity contribution in [1.29, 1.82) is 0 Å². The number of ether oxygens (including phenoxy) is 4. The number of nitrogens with zero attached hydrogens (tertiary/aromatic N) is 6. The molecule has 4 rings (SSSR count). The predicted molar refractivity (Wildman–Crippen MR) is 177 cm³/mol. The minimum Gasteiger partial charge on any atom is -0.493 e. The predicted octanol–water partition coefficient (Wildman–Crippen LogP) is 6.07. The Kier molecular flexibility index (Phi) is 11.7. The number of aryl methyl sites for hydroxylation is 1. The maximum atomic E-state index is 13.1. The maximum absolute atomic E-state index is 13.1. The third-order valence-electron chi connectivity index (χ3n) is 7.87. The molecule has 0 saturated carbocycles. The van der Waals surface area contributed by atoms with Crippen molar-refractivity contribution in [3.63, 3.8) is 0 Å². The summed E-state index contributed by atoms with van der Waals surface area (Å²) < 4.78 is 25.1. The second kappa shape index (κ2) is 15.4. The van der Waals surface area contributed by atoms with Crippen LogP contribution in [0.5, 0.6) is 5.75 Å². The van der Waals surface area contributed by atoms with E-state index in [4.69, 9.17) is 29.5 Å². The Hall–Kier alpha value is -3.83. The zero-order valence-electron chi connectivity index (χ0n) is 27.4. The number of hydrogen-bond donors (Lipinski definition) is 1. The molecule has 2 aromatic heterocycles. The summed E-state index contributed by atoms with van der Waals surface area (Å²) in [6, 6.07) is 11.5. The molecular formula is C33H47N7O5. The monoisotopic (exact) mass is 621 g/mol. The van der Waals surface area contributed by atoms with Crippen molar-refractivity contribution in [1.82, 2.24) is 9.38 Å². The molecule has 1 aliphatic rings. The van der Waals surface area contributed by atoms with Crippen molar-refractivity contribution >= 4 is 17.2 Å². The Morgan fingerprint density at radius 2 is 1.71 bits per heavy atom. The number of morpholine rings is 1. The quantitative estimate of drug-likeness (QED) is 0.0881. The van der Waals surface area contributed by atoms with Gasteiger partial charge in [-0.1, -0.05) is 5.11 Å². The van der Waals surface area contributed by atoms with Gasteiger partial charge in [-0.3, -0.25) is 9.20 Å². The van der Waals surface area contributed by atoms with E-state index in [2.05, 4.69) is 33.2 Å². The number of aromatic nitrogens is 2. The van der Waals surface area contributed by atoms with Gasteiger partial charge in [-0.25, -0.2) is 4.98 Å². The van der Waals surface area contributed by atoms with Crippen LogP contribution in [0.1, 0.15) is 64.6 Å². The lowest BCUT2D eigenvalue weighted by Crippen LogP contribution is -2.37. The molecule has 3 heterocycles. The molecule has 0 spiro atoms. The number of benzene rings is 1. The van der Waals surface area contributed by atoms with Gasteiger partial charge in [0, 0.05) is 54.5 Å². The van der Waals surface area contributed by atoms with Crippen LogP contribution in [-0.4, -0.2) is 73.3 Å². The molecule has 12 heteroatoms. The van der Waals surface area contributed by atoms with E-state index in [1.807, 2.05) is 65.1 Å². The van der Waals surface area contributed by atoms with Crippen LogP contribution in [0.25, 0.3) is 16.1 Å². The first-order chi connectivity index (χ1) is 21.5. The van der Waals surface area contributed by atoms with Gasteiger partial charge in [0.2, 0.25) is 0 Å². The molecular weight excluding hydrogens is 574 g/mol. The molecule has 0 radical (unpaired) electrons. The van der Waals surface area contributed by atoms with Gasteiger partial charge < -0.3 is 29.2 Å². The first kappa shape index (κ1) is 34.1. The molecule has 1 saturated heterocycles. The normalized spacial score (nSPS) is 14.7. The van der Waals surface area contributed by atoms with E-state index in [1.165, 1.54) is 0 Å². The standard InChI is InChI=1S/C33H47N7O5/c1-24-21-28(31-37-29(22-30(41)40(31)23-24)39-14-17-42-18-15-39)25(2)36-26-7-9-27(10-8-26)43-16-12-33(5,6)45-20-19-44-32(3,4)11-13-35-38-34/h7-10,21-23,25,36H,11-20H2,1-6H3. The Bertz CT molecular complexity index is 1510. The lowest BCUT2D eigenvalue weighted by molar-refractivity contribution is -0.0902.